The first-order valence-corrected chi connectivity index (χ1v) is 13.8. The van der Waals surface area contributed by atoms with Crippen LogP contribution in [0, 0.1) is 5.92 Å². The maximum Gasteiger partial charge on any atom is 0.246 e. The molecule has 2 aromatic rings. The summed E-state index contributed by atoms with van der Waals surface area (Å²) in [5.74, 6) is 1.24. The topological polar surface area (TPSA) is 53.0 Å². The van der Waals surface area contributed by atoms with Crippen LogP contribution >= 0.6 is 0 Å². The van der Waals surface area contributed by atoms with Crippen LogP contribution in [-0.4, -0.2) is 64.2 Å². The lowest BCUT2D eigenvalue weighted by Gasteiger charge is -2.64. The van der Waals surface area contributed by atoms with Gasteiger partial charge in [-0.05, 0) is 61.4 Å². The second kappa shape index (κ2) is 9.14. The van der Waals surface area contributed by atoms with Crippen molar-refractivity contribution in [2.24, 2.45) is 5.92 Å². The SMILES string of the molecule is C=CCN1CC[C@]23c4c5cccc4O[C@H]2[C@H](N(CC(C)C)C(=O)C=Cc2ccccc2)CC[C@@]3(O)[C@H]1C5. The van der Waals surface area contributed by atoms with E-state index in [-0.39, 0.29) is 24.1 Å². The Morgan fingerprint density at radius 2 is 2.03 bits per heavy atom. The van der Waals surface area contributed by atoms with Gasteiger partial charge in [0.25, 0.3) is 0 Å². The molecule has 2 aromatic carbocycles. The maximum absolute atomic E-state index is 13.8. The lowest BCUT2D eigenvalue weighted by molar-refractivity contribution is -0.199. The Bertz CT molecular complexity index is 1220. The zero-order valence-electron chi connectivity index (χ0n) is 22.0. The average molecular weight is 499 g/mol. The highest BCUT2D eigenvalue weighted by Gasteiger charge is 2.73. The zero-order valence-corrected chi connectivity index (χ0v) is 22.0. The molecule has 2 fully saturated rings. The van der Waals surface area contributed by atoms with Crippen molar-refractivity contribution in [3.63, 3.8) is 0 Å². The van der Waals surface area contributed by atoms with Crippen LogP contribution in [0.1, 0.15) is 49.8 Å². The molecule has 6 rings (SSSR count). The molecule has 4 aliphatic rings. The molecule has 2 bridgehead atoms. The van der Waals surface area contributed by atoms with E-state index in [9.17, 15) is 9.90 Å². The summed E-state index contributed by atoms with van der Waals surface area (Å²) in [6, 6.07) is 16.2. The van der Waals surface area contributed by atoms with E-state index in [0.29, 0.717) is 18.9 Å². The van der Waals surface area contributed by atoms with Crippen molar-refractivity contribution in [1.29, 1.82) is 0 Å². The number of hydrogen-bond donors (Lipinski definition) is 1. The number of aliphatic hydroxyl groups is 1. The van der Waals surface area contributed by atoms with E-state index in [4.69, 9.17) is 4.74 Å². The van der Waals surface area contributed by atoms with Gasteiger partial charge in [0.15, 0.2) is 0 Å². The lowest BCUT2D eigenvalue weighted by Crippen LogP contribution is -2.78. The van der Waals surface area contributed by atoms with E-state index in [1.807, 2.05) is 47.4 Å². The van der Waals surface area contributed by atoms with E-state index < -0.39 is 11.0 Å². The number of amides is 1. The quantitative estimate of drug-likeness (QED) is 0.448. The fourth-order valence-electron chi connectivity index (χ4n) is 7.89. The zero-order chi connectivity index (χ0) is 25.8. The first kappa shape index (κ1) is 24.4. The minimum atomic E-state index is -0.887. The van der Waals surface area contributed by atoms with Gasteiger partial charge < -0.3 is 14.7 Å². The minimum absolute atomic E-state index is 0.0145. The number of nitrogens with zero attached hydrogens (tertiary/aromatic N) is 2. The highest BCUT2D eigenvalue weighted by atomic mass is 16.5. The largest absolute Gasteiger partial charge is 0.487 e. The summed E-state index contributed by atoms with van der Waals surface area (Å²) in [6.07, 6.45) is 8.33. The number of hydrogen-bond acceptors (Lipinski definition) is 4. The number of piperidine rings is 1. The Morgan fingerprint density at radius 3 is 2.78 bits per heavy atom. The van der Waals surface area contributed by atoms with Crippen LogP contribution in [0.3, 0.4) is 0 Å². The van der Waals surface area contributed by atoms with Crippen molar-refractivity contribution < 1.29 is 14.6 Å². The molecule has 0 unspecified atom stereocenters. The van der Waals surface area contributed by atoms with Gasteiger partial charge in [-0.1, -0.05) is 62.4 Å². The van der Waals surface area contributed by atoms with Crippen molar-refractivity contribution >= 4 is 12.0 Å². The third-order valence-corrected chi connectivity index (χ3v) is 9.27. The van der Waals surface area contributed by atoms with Crippen LogP contribution in [0.25, 0.3) is 6.08 Å². The number of ether oxygens (including phenoxy) is 1. The summed E-state index contributed by atoms with van der Waals surface area (Å²) < 4.78 is 6.81. The van der Waals surface area contributed by atoms with Crippen LogP contribution in [0.4, 0.5) is 0 Å². The predicted molar refractivity (Wildman–Crippen MR) is 146 cm³/mol. The van der Waals surface area contributed by atoms with Crippen molar-refractivity contribution in [3.8, 4) is 5.75 Å². The van der Waals surface area contributed by atoms with Crippen LogP contribution in [0.15, 0.2) is 67.3 Å². The van der Waals surface area contributed by atoms with Gasteiger partial charge in [0.2, 0.25) is 5.91 Å². The molecule has 5 atom stereocenters. The van der Waals surface area contributed by atoms with Crippen molar-refractivity contribution in [2.45, 2.75) is 68.7 Å². The predicted octanol–water partition coefficient (Wildman–Crippen LogP) is 4.59. The van der Waals surface area contributed by atoms with Gasteiger partial charge in [0.1, 0.15) is 11.9 Å². The molecule has 1 spiro atoms. The van der Waals surface area contributed by atoms with E-state index >= 15 is 0 Å². The van der Waals surface area contributed by atoms with E-state index in [1.165, 1.54) is 11.1 Å². The maximum atomic E-state index is 13.8. The Balaban J connectivity index is 1.41. The molecule has 0 aromatic heterocycles. The third kappa shape index (κ3) is 3.62. The molecule has 2 heterocycles. The normalized spacial score (nSPS) is 31.7. The molecule has 5 nitrogen and oxygen atoms in total. The Labute approximate surface area is 220 Å². The Hall–Kier alpha value is -2.89. The molecule has 37 heavy (non-hydrogen) atoms. The second-order valence-corrected chi connectivity index (χ2v) is 11.7. The van der Waals surface area contributed by atoms with Crippen LogP contribution in [0.2, 0.25) is 0 Å². The van der Waals surface area contributed by atoms with Gasteiger partial charge in [-0.2, -0.15) is 0 Å². The van der Waals surface area contributed by atoms with Crippen molar-refractivity contribution in [2.75, 3.05) is 19.6 Å². The first-order chi connectivity index (χ1) is 17.9. The summed E-state index contributed by atoms with van der Waals surface area (Å²) >= 11 is 0. The van der Waals surface area contributed by atoms with Crippen LogP contribution in [-0.2, 0) is 16.6 Å². The number of rotatable bonds is 7. The third-order valence-electron chi connectivity index (χ3n) is 9.27. The fourth-order valence-corrected chi connectivity index (χ4v) is 7.89. The van der Waals surface area contributed by atoms with Gasteiger partial charge in [-0.3, -0.25) is 9.69 Å². The van der Waals surface area contributed by atoms with Crippen molar-refractivity contribution in [1.82, 2.24) is 9.80 Å². The fraction of sp³-hybridized carbons (Fsp3) is 0.469. The van der Waals surface area contributed by atoms with E-state index in [2.05, 4.69) is 43.5 Å². The molecule has 5 heteroatoms. The summed E-state index contributed by atoms with van der Waals surface area (Å²) in [7, 11) is 0. The number of carbonyl (C=O) groups is 1. The van der Waals surface area contributed by atoms with Crippen LogP contribution < -0.4 is 4.74 Å². The number of benzene rings is 2. The van der Waals surface area contributed by atoms with Crippen molar-refractivity contribution in [3.05, 3.63) is 84.0 Å². The molecule has 1 amide bonds. The molecule has 2 aliphatic carbocycles. The number of carbonyl (C=O) groups excluding carboxylic acids is 1. The van der Waals surface area contributed by atoms with Gasteiger partial charge >= 0.3 is 0 Å². The van der Waals surface area contributed by atoms with Gasteiger partial charge in [-0.25, -0.2) is 0 Å². The molecule has 2 aliphatic heterocycles. The summed E-state index contributed by atoms with van der Waals surface area (Å²) in [5, 5.41) is 12.6. The molecule has 1 saturated carbocycles. The lowest BCUT2D eigenvalue weighted by atomic mass is 9.48. The molecule has 1 saturated heterocycles. The highest BCUT2D eigenvalue weighted by Crippen LogP contribution is 2.64. The molecule has 0 radical (unpaired) electrons. The van der Waals surface area contributed by atoms with Crippen LogP contribution in [0.5, 0.6) is 5.75 Å². The molecule has 194 valence electrons. The standard InChI is InChI=1S/C32H38N2O3/c1-4-18-33-19-17-31-29-24-11-8-12-26(29)37-30(31)25(15-16-32(31,36)27(33)20-24)34(21-22(2)3)28(35)14-13-23-9-6-5-7-10-23/h4-14,22,25,27,30,36H,1,15-21H2,2-3H3/t25-,27-,30+,31+,32-/m1/s1. The highest BCUT2D eigenvalue weighted by molar-refractivity contribution is 5.92. The van der Waals surface area contributed by atoms with Gasteiger partial charge in [-0.15, -0.1) is 6.58 Å². The monoisotopic (exact) mass is 498 g/mol. The first-order valence-electron chi connectivity index (χ1n) is 13.8. The summed E-state index contributed by atoms with van der Waals surface area (Å²) in [5.41, 5.74) is 2.12. The Morgan fingerprint density at radius 1 is 1.22 bits per heavy atom. The average Bonchev–Trinajstić information content (AvgIpc) is 3.23. The van der Waals surface area contributed by atoms with Gasteiger partial charge in [0.05, 0.1) is 17.1 Å². The smallest absolute Gasteiger partial charge is 0.246 e. The molecular weight excluding hydrogens is 460 g/mol. The summed E-state index contributed by atoms with van der Waals surface area (Å²) in [6.45, 7) is 10.6. The summed E-state index contributed by atoms with van der Waals surface area (Å²) in [4.78, 5) is 18.2. The molecular formula is C32H38N2O3. The Kier molecular flexibility index (Phi) is 6.04. The van der Waals surface area contributed by atoms with E-state index in [0.717, 1.165) is 43.7 Å². The molecule has 1 N–H and O–H groups in total. The van der Waals surface area contributed by atoms with Gasteiger partial charge in [0, 0.05) is 30.8 Å². The number of likely N-dealkylation sites (tertiary alicyclic amines) is 1. The second-order valence-electron chi connectivity index (χ2n) is 11.7. The minimum Gasteiger partial charge on any atom is -0.487 e. The van der Waals surface area contributed by atoms with E-state index in [1.54, 1.807) is 6.08 Å².